The lowest BCUT2D eigenvalue weighted by molar-refractivity contribution is -0.123. The molecule has 1 amide bonds. The van der Waals surface area contributed by atoms with Gasteiger partial charge in [-0.05, 0) is 44.1 Å². The van der Waals surface area contributed by atoms with Gasteiger partial charge in [-0.15, -0.1) is 0 Å². The van der Waals surface area contributed by atoms with Crippen molar-refractivity contribution < 1.29 is 9.53 Å². The molecule has 1 atom stereocenters. The first kappa shape index (κ1) is 13.6. The molecule has 0 bridgehead atoms. The molecular formula is C17H23NO2. The van der Waals surface area contributed by atoms with Crippen LogP contribution in [-0.2, 0) is 16.0 Å². The zero-order valence-corrected chi connectivity index (χ0v) is 12.2. The maximum absolute atomic E-state index is 12.1. The fraction of sp³-hybridized carbons (Fsp3) is 0.588. The minimum Gasteiger partial charge on any atom is -0.381 e. The summed E-state index contributed by atoms with van der Waals surface area (Å²) >= 11 is 0. The van der Waals surface area contributed by atoms with Crippen LogP contribution in [0.3, 0.4) is 0 Å². The number of amides is 1. The highest BCUT2D eigenvalue weighted by atomic mass is 16.5. The highest BCUT2D eigenvalue weighted by molar-refractivity contribution is 5.77. The zero-order chi connectivity index (χ0) is 14.0. The van der Waals surface area contributed by atoms with Gasteiger partial charge in [0.2, 0.25) is 5.91 Å². The molecule has 2 fully saturated rings. The van der Waals surface area contributed by atoms with Gasteiger partial charge in [0.1, 0.15) is 0 Å². The number of nitrogens with one attached hydrogen (secondary N) is 1. The van der Waals surface area contributed by atoms with Crippen LogP contribution in [0.2, 0.25) is 0 Å². The fourth-order valence-electron chi connectivity index (χ4n) is 2.95. The highest BCUT2D eigenvalue weighted by Gasteiger charge is 2.44. The van der Waals surface area contributed by atoms with Gasteiger partial charge in [0, 0.05) is 25.2 Å². The lowest BCUT2D eigenvalue weighted by atomic mass is 10.0. The van der Waals surface area contributed by atoms with Gasteiger partial charge in [-0.25, -0.2) is 0 Å². The van der Waals surface area contributed by atoms with E-state index in [4.69, 9.17) is 4.74 Å². The smallest absolute Gasteiger partial charge is 0.220 e. The monoisotopic (exact) mass is 273 g/mol. The van der Waals surface area contributed by atoms with E-state index in [-0.39, 0.29) is 11.4 Å². The molecule has 108 valence electrons. The van der Waals surface area contributed by atoms with Gasteiger partial charge >= 0.3 is 0 Å². The Morgan fingerprint density at radius 2 is 2.10 bits per heavy atom. The van der Waals surface area contributed by atoms with E-state index in [0.717, 1.165) is 38.9 Å². The Hall–Kier alpha value is -1.35. The number of benzene rings is 1. The fourth-order valence-corrected chi connectivity index (χ4v) is 2.95. The average molecular weight is 273 g/mol. The van der Waals surface area contributed by atoms with Crippen LogP contribution in [0.1, 0.15) is 36.8 Å². The first-order chi connectivity index (χ1) is 9.65. The number of rotatable bonds is 5. The maximum atomic E-state index is 12.1. The Bertz CT molecular complexity index is 470. The Kier molecular flexibility index (Phi) is 3.79. The molecule has 3 rings (SSSR count). The molecule has 1 saturated carbocycles. The van der Waals surface area contributed by atoms with Crippen molar-refractivity contribution in [3.05, 3.63) is 35.4 Å². The second-order valence-corrected chi connectivity index (χ2v) is 6.42. The van der Waals surface area contributed by atoms with Crippen molar-refractivity contribution >= 4 is 5.91 Å². The van der Waals surface area contributed by atoms with E-state index < -0.39 is 0 Å². The molecule has 1 aliphatic carbocycles. The molecule has 1 saturated heterocycles. The summed E-state index contributed by atoms with van der Waals surface area (Å²) in [4.78, 5) is 12.1. The summed E-state index contributed by atoms with van der Waals surface area (Å²) in [6, 6.07) is 8.63. The van der Waals surface area contributed by atoms with E-state index in [1.165, 1.54) is 11.1 Å². The van der Waals surface area contributed by atoms with Crippen molar-refractivity contribution in [3.8, 4) is 0 Å². The molecule has 1 N–H and O–H groups in total. The van der Waals surface area contributed by atoms with Crippen LogP contribution in [0.4, 0.5) is 0 Å². The van der Waals surface area contributed by atoms with Gasteiger partial charge in [0.05, 0.1) is 0 Å². The lowest BCUT2D eigenvalue weighted by Gasteiger charge is -2.19. The van der Waals surface area contributed by atoms with Crippen LogP contribution >= 0.6 is 0 Å². The first-order valence-electron chi connectivity index (χ1n) is 7.60. The van der Waals surface area contributed by atoms with E-state index >= 15 is 0 Å². The van der Waals surface area contributed by atoms with E-state index in [9.17, 15) is 4.79 Å². The first-order valence-corrected chi connectivity index (χ1v) is 7.60. The second kappa shape index (κ2) is 5.57. The average Bonchev–Trinajstić information content (AvgIpc) is 2.96. The normalized spacial score (nSPS) is 23.6. The molecule has 1 aromatic carbocycles. The lowest BCUT2D eigenvalue weighted by Crippen LogP contribution is -2.39. The number of hydrogen-bond donors (Lipinski definition) is 1. The third-order valence-electron chi connectivity index (χ3n) is 4.42. The zero-order valence-electron chi connectivity index (χ0n) is 12.2. The number of carbonyl (C=O) groups is 1. The summed E-state index contributed by atoms with van der Waals surface area (Å²) in [6.07, 6.45) is 4.82. The molecule has 1 unspecified atom stereocenters. The third kappa shape index (κ3) is 3.40. The molecule has 20 heavy (non-hydrogen) atoms. The maximum Gasteiger partial charge on any atom is 0.220 e. The minimum absolute atomic E-state index is 0.0335. The molecule has 3 nitrogen and oxygen atoms in total. The van der Waals surface area contributed by atoms with Crippen molar-refractivity contribution in [2.24, 2.45) is 5.92 Å². The molecule has 3 heteroatoms. The highest BCUT2D eigenvalue weighted by Crippen LogP contribution is 2.39. The molecule has 1 aromatic rings. The molecule has 1 heterocycles. The SMILES string of the molecule is Cc1ccc(CC2(NC(=O)CC3CCOC3)CC2)cc1. The van der Waals surface area contributed by atoms with Crippen molar-refractivity contribution in [1.82, 2.24) is 5.32 Å². The van der Waals surface area contributed by atoms with Crippen molar-refractivity contribution in [1.29, 1.82) is 0 Å². The Labute approximate surface area is 120 Å². The molecular weight excluding hydrogens is 250 g/mol. The van der Waals surface area contributed by atoms with Gasteiger partial charge in [-0.1, -0.05) is 29.8 Å². The third-order valence-corrected chi connectivity index (χ3v) is 4.42. The van der Waals surface area contributed by atoms with Crippen molar-refractivity contribution in [2.75, 3.05) is 13.2 Å². The van der Waals surface area contributed by atoms with Gasteiger partial charge in [-0.3, -0.25) is 4.79 Å². The van der Waals surface area contributed by atoms with Crippen LogP contribution in [0.5, 0.6) is 0 Å². The summed E-state index contributed by atoms with van der Waals surface area (Å²) in [5, 5.41) is 3.26. The predicted octanol–water partition coefficient (Wildman–Crippen LogP) is 2.61. The van der Waals surface area contributed by atoms with E-state index in [0.29, 0.717) is 12.3 Å². The van der Waals surface area contributed by atoms with Crippen LogP contribution in [0.25, 0.3) is 0 Å². The number of aryl methyl sites for hydroxylation is 1. The molecule has 0 radical (unpaired) electrons. The van der Waals surface area contributed by atoms with E-state index in [2.05, 4.69) is 36.5 Å². The largest absolute Gasteiger partial charge is 0.381 e. The molecule has 0 aromatic heterocycles. The van der Waals surface area contributed by atoms with E-state index in [1.54, 1.807) is 0 Å². The van der Waals surface area contributed by atoms with Gasteiger partial charge in [-0.2, -0.15) is 0 Å². The van der Waals surface area contributed by atoms with Crippen LogP contribution in [0.15, 0.2) is 24.3 Å². The Morgan fingerprint density at radius 3 is 2.70 bits per heavy atom. The Balaban J connectivity index is 1.53. The number of carbonyl (C=O) groups excluding carboxylic acids is 1. The van der Waals surface area contributed by atoms with Crippen LogP contribution < -0.4 is 5.32 Å². The summed E-state index contributed by atoms with van der Waals surface area (Å²) in [7, 11) is 0. The second-order valence-electron chi connectivity index (χ2n) is 6.42. The molecule has 0 spiro atoms. The Morgan fingerprint density at radius 1 is 1.35 bits per heavy atom. The summed E-state index contributed by atoms with van der Waals surface area (Å²) < 4.78 is 5.33. The number of hydrogen-bond acceptors (Lipinski definition) is 2. The van der Waals surface area contributed by atoms with Crippen LogP contribution in [0, 0.1) is 12.8 Å². The van der Waals surface area contributed by atoms with Gasteiger partial charge in [0.25, 0.3) is 0 Å². The summed E-state index contributed by atoms with van der Waals surface area (Å²) in [5.41, 5.74) is 2.63. The van der Waals surface area contributed by atoms with Gasteiger partial charge in [0.15, 0.2) is 0 Å². The molecule has 2 aliphatic rings. The van der Waals surface area contributed by atoms with E-state index in [1.807, 2.05) is 0 Å². The topological polar surface area (TPSA) is 38.3 Å². The minimum atomic E-state index is 0.0335. The summed E-state index contributed by atoms with van der Waals surface area (Å²) in [6.45, 7) is 3.66. The van der Waals surface area contributed by atoms with Crippen LogP contribution in [-0.4, -0.2) is 24.7 Å². The van der Waals surface area contributed by atoms with Crippen molar-refractivity contribution in [3.63, 3.8) is 0 Å². The molecule has 1 aliphatic heterocycles. The summed E-state index contributed by atoms with van der Waals surface area (Å²) in [5.74, 6) is 0.621. The predicted molar refractivity (Wildman–Crippen MR) is 78.5 cm³/mol. The number of ether oxygens (including phenoxy) is 1. The van der Waals surface area contributed by atoms with Gasteiger partial charge < -0.3 is 10.1 Å². The van der Waals surface area contributed by atoms with Crippen molar-refractivity contribution in [2.45, 2.75) is 44.6 Å². The standard InChI is InChI=1S/C17H23NO2/c1-13-2-4-14(5-3-13)11-17(7-8-17)18-16(19)10-15-6-9-20-12-15/h2-5,15H,6-12H2,1H3,(H,18,19). The quantitative estimate of drug-likeness (QED) is 0.895.